The van der Waals surface area contributed by atoms with E-state index < -0.39 is 0 Å². The molecule has 0 aliphatic carbocycles. The maximum Gasteiger partial charge on any atom is 0.276 e. The molecular weight excluding hydrogens is 350 g/mol. The third-order valence-electron chi connectivity index (χ3n) is 3.00. The summed E-state index contributed by atoms with van der Waals surface area (Å²) in [7, 11) is 0. The molecule has 0 spiro atoms. The van der Waals surface area contributed by atoms with E-state index >= 15 is 0 Å². The molecule has 2 aromatic heterocycles. The number of rotatable bonds is 3. The quantitative estimate of drug-likeness (QED) is 0.715. The third kappa shape index (κ3) is 2.82. The zero-order valence-corrected chi connectivity index (χ0v) is 13.6. The van der Waals surface area contributed by atoms with Crippen LogP contribution in [0.4, 0.5) is 5.69 Å². The zero-order valence-electron chi connectivity index (χ0n) is 11.2. The first-order valence-corrected chi connectivity index (χ1v) is 8.29. The fourth-order valence-electron chi connectivity index (χ4n) is 2.08. The molecule has 3 aromatic rings. The monoisotopic (exact) mass is 361 g/mol. The van der Waals surface area contributed by atoms with Crippen LogP contribution in [0.25, 0.3) is 5.52 Å². The van der Waals surface area contributed by atoms with E-state index in [4.69, 9.17) is 0 Å². The highest BCUT2D eigenvalue weighted by molar-refractivity contribution is 9.10. The van der Waals surface area contributed by atoms with Gasteiger partial charge in [0.2, 0.25) is 0 Å². The van der Waals surface area contributed by atoms with Crippen LogP contribution in [-0.2, 0) is 0 Å². The Balaban J connectivity index is 1.98. The average Bonchev–Trinajstić information content (AvgIpc) is 2.86. The highest BCUT2D eigenvalue weighted by Gasteiger charge is 2.16. The normalized spacial score (nSPS) is 10.8. The van der Waals surface area contributed by atoms with Crippen LogP contribution in [0.5, 0.6) is 0 Å². The zero-order chi connectivity index (χ0) is 14.8. The molecule has 4 nitrogen and oxygen atoms in total. The van der Waals surface area contributed by atoms with Gasteiger partial charge in [-0.1, -0.05) is 39.8 Å². The summed E-state index contributed by atoms with van der Waals surface area (Å²) in [6, 6.07) is 13.2. The maximum absolute atomic E-state index is 12.5. The van der Waals surface area contributed by atoms with Crippen LogP contribution in [0.3, 0.4) is 0 Å². The molecule has 1 amide bonds. The van der Waals surface area contributed by atoms with Crippen LogP contribution >= 0.6 is 27.7 Å². The minimum Gasteiger partial charge on any atom is -0.321 e. The molecule has 0 saturated heterocycles. The number of fused-ring (bicyclic) bond motifs is 1. The van der Waals surface area contributed by atoms with Gasteiger partial charge < -0.3 is 5.32 Å². The predicted octanol–water partition coefficient (Wildman–Crippen LogP) is 4.07. The van der Waals surface area contributed by atoms with Crippen LogP contribution in [0.1, 0.15) is 10.5 Å². The number of hydrogen-bond acceptors (Lipinski definition) is 3. The van der Waals surface area contributed by atoms with E-state index in [1.54, 1.807) is 0 Å². The number of nitrogens with zero attached hydrogens (tertiary/aromatic N) is 2. The fraction of sp³-hybridized carbons (Fsp3) is 0.0667. The van der Waals surface area contributed by atoms with Gasteiger partial charge in [-0.3, -0.25) is 9.20 Å². The molecule has 3 rings (SSSR count). The molecule has 0 atom stereocenters. The van der Waals surface area contributed by atoms with Crippen LogP contribution < -0.4 is 5.32 Å². The largest absolute Gasteiger partial charge is 0.321 e. The molecule has 0 aliphatic rings. The summed E-state index contributed by atoms with van der Waals surface area (Å²) in [5.41, 5.74) is 1.96. The second-order valence-corrected chi connectivity index (χ2v) is 6.06. The summed E-state index contributed by atoms with van der Waals surface area (Å²) in [5.74, 6) is -0.211. The number of halogens is 1. The van der Waals surface area contributed by atoms with Crippen molar-refractivity contribution in [1.82, 2.24) is 9.38 Å². The highest BCUT2D eigenvalue weighted by atomic mass is 79.9. The minimum atomic E-state index is -0.211. The Morgan fingerprint density at radius 1 is 1.29 bits per heavy atom. The molecule has 0 saturated carbocycles. The number of carbonyl (C=O) groups excluding carboxylic acids is 1. The first-order valence-electron chi connectivity index (χ1n) is 6.27. The smallest absolute Gasteiger partial charge is 0.276 e. The Hall–Kier alpha value is -1.79. The third-order valence-corrected chi connectivity index (χ3v) is 4.14. The Morgan fingerprint density at radius 2 is 2.14 bits per heavy atom. The molecule has 2 heterocycles. The molecule has 0 bridgehead atoms. The second kappa shape index (κ2) is 5.91. The van der Waals surface area contributed by atoms with Crippen molar-refractivity contribution in [2.24, 2.45) is 0 Å². The van der Waals surface area contributed by atoms with E-state index in [1.807, 2.05) is 59.3 Å². The topological polar surface area (TPSA) is 46.4 Å². The number of imidazole rings is 1. The van der Waals surface area contributed by atoms with Crippen molar-refractivity contribution in [3.05, 3.63) is 58.8 Å². The van der Waals surface area contributed by atoms with Crippen molar-refractivity contribution in [1.29, 1.82) is 0 Å². The number of thioether (sulfide) groups is 1. The first kappa shape index (κ1) is 14.2. The van der Waals surface area contributed by atoms with Crippen LogP contribution in [0, 0.1) is 0 Å². The molecule has 0 aliphatic heterocycles. The van der Waals surface area contributed by atoms with Gasteiger partial charge in [-0.05, 0) is 36.6 Å². The number of pyridine rings is 1. The van der Waals surface area contributed by atoms with E-state index in [0.717, 1.165) is 20.8 Å². The number of carbonyl (C=O) groups is 1. The predicted molar refractivity (Wildman–Crippen MR) is 89.1 cm³/mol. The van der Waals surface area contributed by atoms with E-state index in [0.29, 0.717) is 5.69 Å². The van der Waals surface area contributed by atoms with Gasteiger partial charge in [0.1, 0.15) is 0 Å². The summed E-state index contributed by atoms with van der Waals surface area (Å²) in [6.45, 7) is 0. The molecule has 6 heteroatoms. The molecule has 0 unspecified atom stereocenters. The van der Waals surface area contributed by atoms with Crippen molar-refractivity contribution in [3.63, 3.8) is 0 Å². The lowest BCUT2D eigenvalue weighted by molar-refractivity contribution is 0.102. The van der Waals surface area contributed by atoms with Gasteiger partial charge in [0.15, 0.2) is 10.9 Å². The SMILES string of the molecule is CSc1nc(C(=O)Nc2cccc(Br)c2)c2ccccn12. The molecule has 1 aromatic carbocycles. The van der Waals surface area contributed by atoms with Gasteiger partial charge >= 0.3 is 0 Å². The van der Waals surface area contributed by atoms with Gasteiger partial charge in [-0.2, -0.15) is 0 Å². The number of hydrogen-bond donors (Lipinski definition) is 1. The highest BCUT2D eigenvalue weighted by Crippen LogP contribution is 2.21. The Morgan fingerprint density at radius 3 is 2.90 bits per heavy atom. The second-order valence-electron chi connectivity index (χ2n) is 4.37. The summed E-state index contributed by atoms with van der Waals surface area (Å²) >= 11 is 4.90. The van der Waals surface area contributed by atoms with Gasteiger partial charge in [0.25, 0.3) is 5.91 Å². The summed E-state index contributed by atoms with van der Waals surface area (Å²) in [4.78, 5) is 16.9. The summed E-state index contributed by atoms with van der Waals surface area (Å²) < 4.78 is 2.83. The van der Waals surface area contributed by atoms with Crippen molar-refractivity contribution in [3.8, 4) is 0 Å². The van der Waals surface area contributed by atoms with Gasteiger partial charge in [-0.15, -0.1) is 0 Å². The lowest BCUT2D eigenvalue weighted by Crippen LogP contribution is -2.12. The molecule has 0 radical (unpaired) electrons. The molecule has 0 fully saturated rings. The van der Waals surface area contributed by atoms with Crippen molar-refractivity contribution < 1.29 is 4.79 Å². The fourth-order valence-corrected chi connectivity index (χ4v) is 3.02. The minimum absolute atomic E-state index is 0.211. The lowest BCUT2D eigenvalue weighted by atomic mass is 10.3. The Kier molecular flexibility index (Phi) is 3.98. The van der Waals surface area contributed by atoms with E-state index in [1.165, 1.54) is 11.8 Å². The first-order chi connectivity index (χ1) is 10.2. The van der Waals surface area contributed by atoms with Gasteiger partial charge in [0.05, 0.1) is 5.52 Å². The number of aromatic nitrogens is 2. The molecular formula is C15H12BrN3OS. The van der Waals surface area contributed by atoms with Crippen molar-refractivity contribution in [2.75, 3.05) is 11.6 Å². The molecule has 21 heavy (non-hydrogen) atoms. The number of benzene rings is 1. The Bertz CT molecular complexity index is 816. The summed E-state index contributed by atoms with van der Waals surface area (Å²) in [5, 5.41) is 3.67. The maximum atomic E-state index is 12.5. The molecule has 1 N–H and O–H groups in total. The lowest BCUT2D eigenvalue weighted by Gasteiger charge is -2.04. The standard InChI is InChI=1S/C15H12BrN3OS/c1-21-15-18-13(12-7-2-3-8-19(12)15)14(20)17-11-6-4-5-10(16)9-11/h2-9H,1H3,(H,17,20). The summed E-state index contributed by atoms with van der Waals surface area (Å²) in [6.07, 6.45) is 3.85. The van der Waals surface area contributed by atoms with Crippen LogP contribution in [-0.4, -0.2) is 21.5 Å². The number of nitrogens with one attached hydrogen (secondary N) is 1. The number of anilines is 1. The van der Waals surface area contributed by atoms with Crippen LogP contribution in [0.15, 0.2) is 58.3 Å². The van der Waals surface area contributed by atoms with Crippen molar-refractivity contribution in [2.45, 2.75) is 5.16 Å². The van der Waals surface area contributed by atoms with E-state index in [9.17, 15) is 4.79 Å². The van der Waals surface area contributed by atoms with E-state index in [2.05, 4.69) is 26.2 Å². The van der Waals surface area contributed by atoms with Gasteiger partial charge in [0, 0.05) is 16.4 Å². The van der Waals surface area contributed by atoms with Gasteiger partial charge in [-0.25, -0.2) is 4.98 Å². The molecule has 106 valence electrons. The van der Waals surface area contributed by atoms with Crippen molar-refractivity contribution >= 4 is 44.8 Å². The van der Waals surface area contributed by atoms with Crippen LogP contribution in [0.2, 0.25) is 0 Å². The van der Waals surface area contributed by atoms with E-state index in [-0.39, 0.29) is 5.91 Å². The average molecular weight is 362 g/mol. The Labute approximate surface area is 134 Å². The number of amides is 1.